The molecule has 1 aromatic heterocycles. The molecule has 1 aliphatic heterocycles. The van der Waals surface area contributed by atoms with Gasteiger partial charge in [-0.1, -0.05) is 0 Å². The van der Waals surface area contributed by atoms with Crippen molar-refractivity contribution in [3.63, 3.8) is 0 Å². The minimum Gasteiger partial charge on any atom is -0.382 e. The molecule has 1 fully saturated rings. The van der Waals surface area contributed by atoms with Crippen molar-refractivity contribution in [3.8, 4) is 0 Å². The second-order valence-electron chi connectivity index (χ2n) is 4.63. The SMILES string of the molecule is CC1CC(Nc2cccnc2N)CCN1C. The van der Waals surface area contributed by atoms with Crippen LogP contribution in [0.4, 0.5) is 11.5 Å². The van der Waals surface area contributed by atoms with Crippen LogP contribution in [-0.2, 0) is 0 Å². The summed E-state index contributed by atoms with van der Waals surface area (Å²) < 4.78 is 0. The van der Waals surface area contributed by atoms with Crippen molar-refractivity contribution in [2.75, 3.05) is 24.6 Å². The van der Waals surface area contributed by atoms with Gasteiger partial charge in [0.2, 0.25) is 0 Å². The zero-order valence-corrected chi connectivity index (χ0v) is 9.98. The van der Waals surface area contributed by atoms with Gasteiger partial charge < -0.3 is 16.0 Å². The van der Waals surface area contributed by atoms with Crippen LogP contribution in [0.25, 0.3) is 0 Å². The van der Waals surface area contributed by atoms with E-state index in [-0.39, 0.29) is 0 Å². The lowest BCUT2D eigenvalue weighted by Gasteiger charge is -2.35. The zero-order valence-electron chi connectivity index (χ0n) is 9.98. The minimum absolute atomic E-state index is 0.512. The standard InChI is InChI=1S/C12H20N4/c1-9-8-10(5-7-16(9)2)15-11-4-3-6-14-12(11)13/h3-4,6,9-10,15H,5,7-8H2,1-2H3,(H2,13,14). The quantitative estimate of drug-likeness (QED) is 0.794. The fourth-order valence-corrected chi connectivity index (χ4v) is 2.18. The molecular formula is C12H20N4. The molecule has 0 aliphatic carbocycles. The average Bonchev–Trinajstić information content (AvgIpc) is 2.27. The van der Waals surface area contributed by atoms with Gasteiger partial charge in [-0.25, -0.2) is 4.98 Å². The van der Waals surface area contributed by atoms with Gasteiger partial charge in [-0.15, -0.1) is 0 Å². The number of aromatic nitrogens is 1. The number of pyridine rings is 1. The third-order valence-electron chi connectivity index (χ3n) is 3.41. The Labute approximate surface area is 96.8 Å². The van der Waals surface area contributed by atoms with E-state index >= 15 is 0 Å². The average molecular weight is 220 g/mol. The first-order chi connectivity index (χ1) is 7.66. The number of nitrogens with one attached hydrogen (secondary N) is 1. The van der Waals surface area contributed by atoms with Crippen LogP contribution in [0.1, 0.15) is 19.8 Å². The molecule has 1 aromatic rings. The van der Waals surface area contributed by atoms with Crippen molar-refractivity contribution in [1.29, 1.82) is 0 Å². The van der Waals surface area contributed by atoms with Gasteiger partial charge in [-0.3, -0.25) is 0 Å². The molecular weight excluding hydrogens is 200 g/mol. The Balaban J connectivity index is 1.98. The molecule has 0 saturated carbocycles. The summed E-state index contributed by atoms with van der Waals surface area (Å²) in [5, 5.41) is 3.49. The Bertz CT molecular complexity index is 353. The lowest BCUT2D eigenvalue weighted by Crippen LogP contribution is -2.42. The fourth-order valence-electron chi connectivity index (χ4n) is 2.18. The molecule has 4 nitrogen and oxygen atoms in total. The van der Waals surface area contributed by atoms with Crippen LogP contribution in [0.3, 0.4) is 0 Å². The Kier molecular flexibility index (Phi) is 3.29. The normalized spacial score (nSPS) is 26.6. The number of nitrogens with zero attached hydrogens (tertiary/aromatic N) is 2. The molecule has 2 unspecified atom stereocenters. The van der Waals surface area contributed by atoms with Crippen molar-refractivity contribution in [1.82, 2.24) is 9.88 Å². The van der Waals surface area contributed by atoms with Crippen molar-refractivity contribution >= 4 is 11.5 Å². The fraction of sp³-hybridized carbons (Fsp3) is 0.583. The molecule has 0 radical (unpaired) electrons. The van der Waals surface area contributed by atoms with Gasteiger partial charge in [0.1, 0.15) is 5.82 Å². The van der Waals surface area contributed by atoms with Gasteiger partial charge in [-0.2, -0.15) is 0 Å². The lowest BCUT2D eigenvalue weighted by molar-refractivity contribution is 0.190. The third kappa shape index (κ3) is 2.44. The summed E-state index contributed by atoms with van der Waals surface area (Å²) >= 11 is 0. The summed E-state index contributed by atoms with van der Waals surface area (Å²) in [6.07, 6.45) is 4.04. The number of hydrogen-bond acceptors (Lipinski definition) is 4. The third-order valence-corrected chi connectivity index (χ3v) is 3.41. The van der Waals surface area contributed by atoms with E-state index in [9.17, 15) is 0 Å². The number of likely N-dealkylation sites (tertiary alicyclic amines) is 1. The second-order valence-corrected chi connectivity index (χ2v) is 4.63. The number of nitrogens with two attached hydrogens (primary N) is 1. The molecule has 0 aromatic carbocycles. The van der Waals surface area contributed by atoms with Crippen LogP contribution in [0.5, 0.6) is 0 Å². The van der Waals surface area contributed by atoms with Gasteiger partial charge in [0.25, 0.3) is 0 Å². The highest BCUT2D eigenvalue weighted by molar-refractivity contribution is 5.61. The van der Waals surface area contributed by atoms with E-state index in [2.05, 4.69) is 29.2 Å². The van der Waals surface area contributed by atoms with Crippen molar-refractivity contribution in [2.45, 2.75) is 31.8 Å². The monoisotopic (exact) mass is 220 g/mol. The summed E-state index contributed by atoms with van der Waals surface area (Å²) in [5.74, 6) is 0.592. The first kappa shape index (κ1) is 11.2. The van der Waals surface area contributed by atoms with Crippen LogP contribution < -0.4 is 11.1 Å². The smallest absolute Gasteiger partial charge is 0.146 e. The van der Waals surface area contributed by atoms with Crippen LogP contribution in [0.2, 0.25) is 0 Å². The van der Waals surface area contributed by atoms with E-state index in [0.29, 0.717) is 17.9 Å². The number of hydrogen-bond donors (Lipinski definition) is 2. The number of anilines is 2. The molecule has 1 saturated heterocycles. The molecule has 1 aliphatic rings. The maximum Gasteiger partial charge on any atom is 0.146 e. The summed E-state index contributed by atoms with van der Waals surface area (Å²) in [6, 6.07) is 5.05. The summed E-state index contributed by atoms with van der Waals surface area (Å²) in [7, 11) is 2.18. The zero-order chi connectivity index (χ0) is 11.5. The Morgan fingerprint density at radius 3 is 3.06 bits per heavy atom. The van der Waals surface area contributed by atoms with Crippen LogP contribution in [0.15, 0.2) is 18.3 Å². The second kappa shape index (κ2) is 4.70. The van der Waals surface area contributed by atoms with Crippen LogP contribution in [0, 0.1) is 0 Å². The largest absolute Gasteiger partial charge is 0.382 e. The number of piperidine rings is 1. The summed E-state index contributed by atoms with van der Waals surface area (Å²) in [4.78, 5) is 6.48. The summed E-state index contributed by atoms with van der Waals surface area (Å²) in [6.45, 7) is 3.40. The highest BCUT2D eigenvalue weighted by atomic mass is 15.1. The van der Waals surface area contributed by atoms with E-state index in [1.54, 1.807) is 6.20 Å². The van der Waals surface area contributed by atoms with Gasteiger partial charge in [0, 0.05) is 24.8 Å². The van der Waals surface area contributed by atoms with Crippen LogP contribution in [-0.4, -0.2) is 35.6 Å². The predicted molar refractivity (Wildman–Crippen MR) is 67.4 cm³/mol. The molecule has 2 atom stereocenters. The molecule has 16 heavy (non-hydrogen) atoms. The first-order valence-corrected chi connectivity index (χ1v) is 5.84. The first-order valence-electron chi connectivity index (χ1n) is 5.84. The van der Waals surface area contributed by atoms with E-state index < -0.39 is 0 Å². The molecule has 3 N–H and O–H groups in total. The number of rotatable bonds is 2. The molecule has 0 bridgehead atoms. The minimum atomic E-state index is 0.512. The molecule has 2 heterocycles. The van der Waals surface area contributed by atoms with Crippen molar-refractivity contribution < 1.29 is 0 Å². The van der Waals surface area contributed by atoms with Crippen molar-refractivity contribution in [2.24, 2.45) is 0 Å². The highest BCUT2D eigenvalue weighted by Crippen LogP contribution is 2.22. The maximum absolute atomic E-state index is 5.82. The van der Waals surface area contributed by atoms with Gasteiger partial charge >= 0.3 is 0 Å². The molecule has 0 spiro atoms. The Morgan fingerprint density at radius 1 is 1.56 bits per heavy atom. The molecule has 4 heteroatoms. The highest BCUT2D eigenvalue weighted by Gasteiger charge is 2.22. The van der Waals surface area contributed by atoms with Crippen molar-refractivity contribution in [3.05, 3.63) is 18.3 Å². The maximum atomic E-state index is 5.82. The molecule has 2 rings (SSSR count). The van der Waals surface area contributed by atoms with E-state index in [4.69, 9.17) is 5.73 Å². The van der Waals surface area contributed by atoms with E-state index in [0.717, 1.165) is 25.1 Å². The molecule has 88 valence electrons. The Hall–Kier alpha value is -1.29. The topological polar surface area (TPSA) is 54.2 Å². The summed E-state index contributed by atoms with van der Waals surface area (Å²) in [5.41, 5.74) is 6.78. The Morgan fingerprint density at radius 2 is 2.38 bits per heavy atom. The van der Waals surface area contributed by atoms with Gasteiger partial charge in [0.05, 0.1) is 5.69 Å². The van der Waals surface area contributed by atoms with Gasteiger partial charge in [0.15, 0.2) is 0 Å². The molecule has 0 amide bonds. The number of nitrogen functional groups attached to an aromatic ring is 1. The predicted octanol–water partition coefficient (Wildman–Crippen LogP) is 1.56. The van der Waals surface area contributed by atoms with E-state index in [1.807, 2.05) is 12.1 Å². The van der Waals surface area contributed by atoms with Crippen LogP contribution >= 0.6 is 0 Å². The van der Waals surface area contributed by atoms with Gasteiger partial charge in [-0.05, 0) is 38.9 Å². The lowest BCUT2D eigenvalue weighted by atomic mass is 9.99. The van der Waals surface area contributed by atoms with E-state index in [1.165, 1.54) is 0 Å².